The molecule has 0 heterocycles. The van der Waals surface area contributed by atoms with Crippen molar-refractivity contribution in [2.24, 2.45) is 0 Å². The number of ether oxygens (including phenoxy) is 1. The summed E-state index contributed by atoms with van der Waals surface area (Å²) in [5.41, 5.74) is -0.173. The summed E-state index contributed by atoms with van der Waals surface area (Å²) in [7, 11) is 0. The van der Waals surface area contributed by atoms with Gasteiger partial charge in [-0.15, -0.1) is 0 Å². The molecule has 0 fully saturated rings. The second kappa shape index (κ2) is 6.69. The second-order valence-electron chi connectivity index (χ2n) is 2.96. The summed E-state index contributed by atoms with van der Waals surface area (Å²) in [5.74, 6) is -1.91. The summed E-state index contributed by atoms with van der Waals surface area (Å²) < 4.78 is 6.54. The first kappa shape index (κ1) is 14.9. The molecule has 0 unspecified atom stereocenters. The Hall–Kier alpha value is -0.150. The second-order valence-corrected chi connectivity index (χ2v) is 5.81. The zero-order chi connectivity index (χ0) is 13.0. The number of alkyl halides is 1. The highest BCUT2D eigenvalue weighted by Gasteiger charge is 2.14. The molecule has 0 atom stereocenters. The summed E-state index contributed by atoms with van der Waals surface area (Å²) in [6.45, 7) is 0. The van der Waals surface area contributed by atoms with Gasteiger partial charge in [-0.25, -0.2) is 0 Å². The molecule has 0 amide bonds. The number of hydrogen-bond acceptors (Lipinski definition) is 4. The van der Waals surface area contributed by atoms with Gasteiger partial charge in [-0.05, 0) is 28.1 Å². The molecule has 0 aliphatic heterocycles. The Labute approximate surface area is 128 Å². The van der Waals surface area contributed by atoms with Crippen molar-refractivity contribution in [2.45, 2.75) is 6.42 Å². The number of esters is 1. The summed E-state index contributed by atoms with van der Waals surface area (Å²) >= 11 is 8.33. The molecule has 4 nitrogen and oxygen atoms in total. The highest BCUT2D eigenvalue weighted by atomic mass is 127. The van der Waals surface area contributed by atoms with Crippen LogP contribution >= 0.6 is 54.5 Å². The number of carbonyl (C=O) groups excluding carboxylic acids is 2. The molecular formula is C10H6Br2IO4-. The maximum atomic E-state index is 11.4. The third-order valence-corrected chi connectivity index (χ3v) is 3.33. The van der Waals surface area contributed by atoms with Gasteiger partial charge in [0.1, 0.15) is 0 Å². The third kappa shape index (κ3) is 4.22. The van der Waals surface area contributed by atoms with Crippen LogP contribution in [0.5, 0.6) is 5.75 Å². The smallest absolute Gasteiger partial charge is 0.312 e. The van der Waals surface area contributed by atoms with Crippen molar-refractivity contribution in [3.05, 3.63) is 26.6 Å². The van der Waals surface area contributed by atoms with E-state index in [2.05, 4.69) is 31.9 Å². The number of hydrogen-bond donors (Lipinski definition) is 0. The zero-order valence-electron chi connectivity index (χ0n) is 8.34. The average molecular weight is 477 g/mol. The summed E-state index contributed by atoms with van der Waals surface area (Å²) in [6.07, 6.45) is 0.218. The molecule has 7 heteroatoms. The van der Waals surface area contributed by atoms with Crippen LogP contribution in [0.25, 0.3) is 0 Å². The molecule has 1 aromatic rings. The number of carbonyl (C=O) groups is 2. The normalized spacial score (nSPS) is 10.1. The van der Waals surface area contributed by atoms with Crippen molar-refractivity contribution in [1.82, 2.24) is 0 Å². The molecular weight excluding hydrogens is 471 g/mol. The maximum Gasteiger partial charge on any atom is 0.312 e. The van der Waals surface area contributed by atoms with Crippen LogP contribution in [0.2, 0.25) is 0 Å². The van der Waals surface area contributed by atoms with Crippen LogP contribution in [0, 0.1) is 0 Å². The Balaban J connectivity index is 3.12. The minimum absolute atomic E-state index is 0.0250. The van der Waals surface area contributed by atoms with Gasteiger partial charge in [-0.3, -0.25) is 4.79 Å². The Morgan fingerprint density at radius 2 is 2.00 bits per heavy atom. The first-order chi connectivity index (χ1) is 7.95. The Morgan fingerprint density at radius 1 is 1.35 bits per heavy atom. The SMILES string of the molecule is O=C(CCI)Oc1c(Br)cc(Br)cc1C(=O)[O-]. The van der Waals surface area contributed by atoms with E-state index in [-0.39, 0.29) is 17.7 Å². The highest BCUT2D eigenvalue weighted by Crippen LogP contribution is 2.32. The molecule has 0 bridgehead atoms. The van der Waals surface area contributed by atoms with Crippen LogP contribution in [0.4, 0.5) is 0 Å². The van der Waals surface area contributed by atoms with Gasteiger partial charge in [0.25, 0.3) is 0 Å². The number of aromatic carboxylic acids is 1. The number of benzene rings is 1. The lowest BCUT2D eigenvalue weighted by Crippen LogP contribution is -2.24. The molecule has 0 radical (unpaired) electrons. The van der Waals surface area contributed by atoms with E-state index in [0.717, 1.165) is 0 Å². The molecule has 0 N–H and O–H groups in total. The number of carboxylic acid groups (broad SMARTS) is 1. The lowest BCUT2D eigenvalue weighted by atomic mass is 10.2. The van der Waals surface area contributed by atoms with E-state index in [1.165, 1.54) is 6.07 Å². The van der Waals surface area contributed by atoms with Gasteiger partial charge in [0.2, 0.25) is 0 Å². The predicted molar refractivity (Wildman–Crippen MR) is 75.3 cm³/mol. The van der Waals surface area contributed by atoms with Crippen LogP contribution in [-0.2, 0) is 4.79 Å². The standard InChI is InChI=1S/C10H7Br2IO4/c11-5-3-6(10(15)16)9(7(12)4-5)17-8(14)1-2-13/h3-4H,1-2H2,(H,15,16)/p-1. The molecule has 17 heavy (non-hydrogen) atoms. The van der Waals surface area contributed by atoms with E-state index in [9.17, 15) is 14.7 Å². The molecule has 0 saturated carbocycles. The van der Waals surface area contributed by atoms with Crippen LogP contribution < -0.4 is 9.84 Å². The summed E-state index contributed by atoms with van der Waals surface area (Å²) in [4.78, 5) is 22.3. The summed E-state index contributed by atoms with van der Waals surface area (Å²) in [6, 6.07) is 2.92. The van der Waals surface area contributed by atoms with E-state index >= 15 is 0 Å². The van der Waals surface area contributed by atoms with Crippen molar-refractivity contribution < 1.29 is 19.4 Å². The lowest BCUT2D eigenvalue weighted by Gasteiger charge is -2.13. The molecule has 1 aromatic carbocycles. The van der Waals surface area contributed by atoms with Crippen molar-refractivity contribution in [2.75, 3.05) is 4.43 Å². The zero-order valence-corrected chi connectivity index (χ0v) is 13.7. The molecule has 0 aromatic heterocycles. The largest absolute Gasteiger partial charge is 0.545 e. The molecule has 1 rings (SSSR count). The first-order valence-corrected chi connectivity index (χ1v) is 7.54. The van der Waals surface area contributed by atoms with E-state index in [1.807, 2.05) is 22.6 Å². The van der Waals surface area contributed by atoms with Crippen molar-refractivity contribution >= 4 is 66.4 Å². The maximum absolute atomic E-state index is 11.4. The van der Waals surface area contributed by atoms with E-state index in [0.29, 0.717) is 13.4 Å². The van der Waals surface area contributed by atoms with Crippen molar-refractivity contribution in [3.63, 3.8) is 0 Å². The monoisotopic (exact) mass is 475 g/mol. The number of carboxylic acids is 1. The fraction of sp³-hybridized carbons (Fsp3) is 0.200. The third-order valence-electron chi connectivity index (χ3n) is 1.74. The number of halogens is 3. The topological polar surface area (TPSA) is 66.4 Å². The lowest BCUT2D eigenvalue weighted by molar-refractivity contribution is -0.255. The van der Waals surface area contributed by atoms with Gasteiger partial charge < -0.3 is 14.6 Å². The minimum atomic E-state index is -1.40. The Kier molecular flexibility index (Phi) is 5.87. The fourth-order valence-corrected chi connectivity index (χ4v) is 2.80. The van der Waals surface area contributed by atoms with Gasteiger partial charge in [0.05, 0.1) is 16.9 Å². The van der Waals surface area contributed by atoms with Gasteiger partial charge >= 0.3 is 5.97 Å². The first-order valence-electron chi connectivity index (χ1n) is 4.42. The van der Waals surface area contributed by atoms with Crippen LogP contribution in [0.3, 0.4) is 0 Å². The quantitative estimate of drug-likeness (QED) is 0.289. The minimum Gasteiger partial charge on any atom is -0.545 e. The van der Waals surface area contributed by atoms with E-state index in [4.69, 9.17) is 4.74 Å². The Bertz CT molecular complexity index is 462. The van der Waals surface area contributed by atoms with Crippen LogP contribution in [0.1, 0.15) is 16.8 Å². The average Bonchev–Trinajstić information content (AvgIpc) is 2.21. The van der Waals surface area contributed by atoms with E-state index < -0.39 is 11.9 Å². The van der Waals surface area contributed by atoms with Crippen molar-refractivity contribution in [3.8, 4) is 5.75 Å². The Morgan fingerprint density at radius 3 is 2.53 bits per heavy atom. The number of rotatable bonds is 4. The summed E-state index contributed by atoms with van der Waals surface area (Å²) in [5, 5.41) is 10.9. The molecule has 0 saturated heterocycles. The van der Waals surface area contributed by atoms with Gasteiger partial charge in [0, 0.05) is 14.5 Å². The van der Waals surface area contributed by atoms with Gasteiger partial charge in [-0.1, -0.05) is 38.5 Å². The van der Waals surface area contributed by atoms with Gasteiger partial charge in [0.15, 0.2) is 5.75 Å². The van der Waals surface area contributed by atoms with Crippen LogP contribution in [0.15, 0.2) is 21.1 Å². The molecule has 0 spiro atoms. The highest BCUT2D eigenvalue weighted by molar-refractivity contribution is 14.1. The van der Waals surface area contributed by atoms with Gasteiger partial charge in [-0.2, -0.15) is 0 Å². The van der Waals surface area contributed by atoms with Crippen LogP contribution in [-0.4, -0.2) is 16.4 Å². The predicted octanol–water partition coefficient (Wildman–Crippen LogP) is 2.31. The van der Waals surface area contributed by atoms with Crippen molar-refractivity contribution in [1.29, 1.82) is 0 Å². The molecule has 0 aliphatic rings. The molecule has 0 aliphatic carbocycles. The molecule has 92 valence electrons. The van der Waals surface area contributed by atoms with E-state index in [1.54, 1.807) is 6.07 Å². The fourth-order valence-electron chi connectivity index (χ4n) is 1.06.